The van der Waals surface area contributed by atoms with Crippen molar-refractivity contribution in [1.29, 1.82) is 0 Å². The van der Waals surface area contributed by atoms with Crippen LogP contribution in [0.25, 0.3) is 0 Å². The van der Waals surface area contributed by atoms with Crippen LogP contribution in [-0.2, 0) is 24.8 Å². The van der Waals surface area contributed by atoms with Crippen molar-refractivity contribution in [2.24, 2.45) is 7.05 Å². The zero-order chi connectivity index (χ0) is 19.6. The molecule has 27 heavy (non-hydrogen) atoms. The molecule has 2 heterocycles. The van der Waals surface area contributed by atoms with Crippen LogP contribution in [0.5, 0.6) is 5.75 Å². The number of aromatic nitrogens is 2. The van der Waals surface area contributed by atoms with E-state index in [0.717, 1.165) is 22.5 Å². The molecule has 0 fully saturated rings. The Labute approximate surface area is 157 Å². The first-order valence-electron chi connectivity index (χ1n) is 8.93. The highest BCUT2D eigenvalue weighted by atomic mass is 19.1. The second kappa shape index (κ2) is 7.96. The Balaban J connectivity index is 1.57. The molecule has 1 atom stereocenters. The number of urea groups is 1. The molecular formula is C19H25FN4O3. The van der Waals surface area contributed by atoms with E-state index >= 15 is 0 Å². The van der Waals surface area contributed by atoms with Gasteiger partial charge in [0.25, 0.3) is 0 Å². The molecule has 0 saturated carbocycles. The number of fused-ring (bicyclic) bond motifs is 1. The van der Waals surface area contributed by atoms with Crippen LogP contribution in [0.2, 0.25) is 0 Å². The highest BCUT2D eigenvalue weighted by Gasteiger charge is 2.19. The summed E-state index contributed by atoms with van der Waals surface area (Å²) >= 11 is 0. The van der Waals surface area contributed by atoms with Gasteiger partial charge in [0.15, 0.2) is 6.79 Å². The first kappa shape index (κ1) is 19.2. The minimum Gasteiger partial charge on any atom is -0.467 e. The van der Waals surface area contributed by atoms with Gasteiger partial charge in [0.1, 0.15) is 11.6 Å². The van der Waals surface area contributed by atoms with Crippen LogP contribution in [0.4, 0.5) is 9.18 Å². The predicted molar refractivity (Wildman–Crippen MR) is 98.0 cm³/mol. The van der Waals surface area contributed by atoms with Crippen molar-refractivity contribution in [1.82, 2.24) is 20.4 Å². The summed E-state index contributed by atoms with van der Waals surface area (Å²) in [4.78, 5) is 12.2. The summed E-state index contributed by atoms with van der Waals surface area (Å²) in [6.07, 6.45) is 0.465. The van der Waals surface area contributed by atoms with Gasteiger partial charge in [-0.1, -0.05) is 0 Å². The number of carbonyl (C=O) groups is 1. The summed E-state index contributed by atoms with van der Waals surface area (Å²) in [5.41, 5.74) is 4.34. The Morgan fingerprint density at radius 3 is 2.89 bits per heavy atom. The summed E-state index contributed by atoms with van der Waals surface area (Å²) in [5, 5.41) is 10.1. The second-order valence-corrected chi connectivity index (χ2v) is 6.74. The number of amides is 2. The third-order valence-corrected chi connectivity index (χ3v) is 4.78. The average Bonchev–Trinajstić information content (AvgIpc) is 2.86. The number of hydrogen-bond acceptors (Lipinski definition) is 4. The Kier molecular flexibility index (Phi) is 5.65. The highest BCUT2D eigenvalue weighted by molar-refractivity contribution is 5.74. The van der Waals surface area contributed by atoms with Crippen molar-refractivity contribution < 1.29 is 18.7 Å². The van der Waals surface area contributed by atoms with Crippen LogP contribution in [0.3, 0.4) is 0 Å². The van der Waals surface area contributed by atoms with Gasteiger partial charge in [-0.05, 0) is 44.9 Å². The Morgan fingerprint density at radius 2 is 2.19 bits per heavy atom. The Morgan fingerprint density at radius 1 is 1.41 bits per heavy atom. The van der Waals surface area contributed by atoms with E-state index in [-0.39, 0.29) is 24.7 Å². The molecule has 0 saturated heterocycles. The standard InChI is InChI=1S/C19H25FN4O3/c1-11(17-12(2)23-24(4)13(17)3)22-19(25)21-6-5-14-7-16(20)8-15-9-26-10-27-18(14)15/h7-8,11H,5-6,9-10H2,1-4H3,(H2,21,22,25). The van der Waals surface area contributed by atoms with E-state index in [1.807, 2.05) is 27.8 Å². The van der Waals surface area contributed by atoms with E-state index in [0.29, 0.717) is 30.9 Å². The van der Waals surface area contributed by atoms with Crippen LogP contribution < -0.4 is 15.4 Å². The van der Waals surface area contributed by atoms with Gasteiger partial charge in [-0.15, -0.1) is 0 Å². The normalized spacial score (nSPS) is 14.3. The maximum Gasteiger partial charge on any atom is 0.315 e. The van der Waals surface area contributed by atoms with Gasteiger partial charge in [0.05, 0.1) is 18.3 Å². The number of carbonyl (C=O) groups excluding carboxylic acids is 1. The predicted octanol–water partition coefficient (Wildman–Crippen LogP) is 2.65. The van der Waals surface area contributed by atoms with Crippen molar-refractivity contribution in [2.45, 2.75) is 39.8 Å². The van der Waals surface area contributed by atoms with Gasteiger partial charge in [0, 0.05) is 30.4 Å². The number of ether oxygens (including phenoxy) is 2. The van der Waals surface area contributed by atoms with E-state index < -0.39 is 0 Å². The molecular weight excluding hydrogens is 351 g/mol. The summed E-state index contributed by atoms with van der Waals surface area (Å²) < 4.78 is 26.2. The van der Waals surface area contributed by atoms with Gasteiger partial charge >= 0.3 is 6.03 Å². The maximum absolute atomic E-state index is 13.8. The number of aryl methyl sites for hydroxylation is 2. The van der Waals surface area contributed by atoms with Crippen molar-refractivity contribution in [3.8, 4) is 5.75 Å². The average molecular weight is 376 g/mol. The maximum atomic E-state index is 13.8. The highest BCUT2D eigenvalue weighted by Crippen LogP contribution is 2.29. The Hall–Kier alpha value is -2.61. The fraction of sp³-hybridized carbons (Fsp3) is 0.474. The summed E-state index contributed by atoms with van der Waals surface area (Å²) in [6.45, 7) is 6.67. The fourth-order valence-electron chi connectivity index (χ4n) is 3.49. The molecule has 1 aromatic heterocycles. The number of nitrogens with zero attached hydrogens (tertiary/aromatic N) is 2. The first-order chi connectivity index (χ1) is 12.9. The number of nitrogens with one attached hydrogen (secondary N) is 2. The third-order valence-electron chi connectivity index (χ3n) is 4.78. The molecule has 0 spiro atoms. The largest absolute Gasteiger partial charge is 0.467 e. The van der Waals surface area contributed by atoms with E-state index in [1.165, 1.54) is 12.1 Å². The SMILES string of the molecule is Cc1nn(C)c(C)c1C(C)NC(=O)NCCc1cc(F)cc2c1OCOC2. The second-order valence-electron chi connectivity index (χ2n) is 6.74. The van der Waals surface area contributed by atoms with E-state index in [4.69, 9.17) is 9.47 Å². The van der Waals surface area contributed by atoms with Gasteiger partial charge in [0.2, 0.25) is 0 Å². The monoisotopic (exact) mass is 376 g/mol. The molecule has 7 nitrogen and oxygen atoms in total. The van der Waals surface area contributed by atoms with E-state index in [9.17, 15) is 9.18 Å². The number of hydrogen-bond donors (Lipinski definition) is 2. The molecule has 1 aliphatic rings. The zero-order valence-electron chi connectivity index (χ0n) is 16.1. The lowest BCUT2D eigenvalue weighted by Crippen LogP contribution is -2.38. The first-order valence-corrected chi connectivity index (χ1v) is 8.93. The molecule has 2 amide bonds. The zero-order valence-corrected chi connectivity index (χ0v) is 16.1. The van der Waals surface area contributed by atoms with Crippen LogP contribution >= 0.6 is 0 Å². The van der Waals surface area contributed by atoms with Gasteiger partial charge in [-0.2, -0.15) is 5.10 Å². The minimum absolute atomic E-state index is 0.154. The quantitative estimate of drug-likeness (QED) is 0.841. The lowest BCUT2D eigenvalue weighted by molar-refractivity contribution is -0.0172. The minimum atomic E-state index is -0.335. The van der Waals surface area contributed by atoms with Crippen LogP contribution in [0.15, 0.2) is 12.1 Å². The molecule has 8 heteroatoms. The molecule has 1 unspecified atom stereocenters. The Bertz CT molecular complexity index is 850. The van der Waals surface area contributed by atoms with Gasteiger partial charge in [-0.25, -0.2) is 9.18 Å². The lowest BCUT2D eigenvalue weighted by atomic mass is 10.1. The smallest absolute Gasteiger partial charge is 0.315 e. The van der Waals surface area contributed by atoms with Crippen LogP contribution in [0, 0.1) is 19.7 Å². The summed E-state index contributed by atoms with van der Waals surface area (Å²) in [7, 11) is 1.88. The van der Waals surface area contributed by atoms with E-state index in [1.54, 1.807) is 4.68 Å². The van der Waals surface area contributed by atoms with E-state index in [2.05, 4.69) is 15.7 Å². The molecule has 146 valence electrons. The molecule has 1 aromatic carbocycles. The molecule has 0 bridgehead atoms. The molecule has 0 aliphatic carbocycles. The summed E-state index contributed by atoms with van der Waals surface area (Å²) in [5.74, 6) is 0.318. The third kappa shape index (κ3) is 4.21. The van der Waals surface area contributed by atoms with Crippen LogP contribution in [-0.4, -0.2) is 29.1 Å². The molecule has 3 rings (SSSR count). The van der Waals surface area contributed by atoms with Crippen molar-refractivity contribution in [3.05, 3.63) is 46.0 Å². The topological polar surface area (TPSA) is 77.4 Å². The number of rotatable bonds is 5. The van der Waals surface area contributed by atoms with Gasteiger partial charge < -0.3 is 20.1 Å². The molecule has 1 aliphatic heterocycles. The van der Waals surface area contributed by atoms with Gasteiger partial charge in [-0.3, -0.25) is 4.68 Å². The fourth-order valence-corrected chi connectivity index (χ4v) is 3.49. The number of benzene rings is 1. The molecule has 2 aromatic rings. The summed E-state index contributed by atoms with van der Waals surface area (Å²) in [6, 6.07) is 2.41. The van der Waals surface area contributed by atoms with Crippen molar-refractivity contribution >= 4 is 6.03 Å². The van der Waals surface area contributed by atoms with Crippen LogP contribution in [0.1, 0.15) is 41.0 Å². The molecule has 0 radical (unpaired) electrons. The number of halogens is 1. The van der Waals surface area contributed by atoms with Crippen molar-refractivity contribution in [3.63, 3.8) is 0 Å². The lowest BCUT2D eigenvalue weighted by Gasteiger charge is -2.21. The molecule has 2 N–H and O–H groups in total. The van der Waals surface area contributed by atoms with Crippen molar-refractivity contribution in [2.75, 3.05) is 13.3 Å².